The SMILES string of the molecule is CCN(CC)CCCOc1cc(OCCCN(CC)CC)c2nc(-c3cccc(Oc4cccc(C(F)(F)F)c4)c3)[nH]c2c1. The third-order valence-electron chi connectivity index (χ3n) is 7.58. The van der Waals surface area contributed by atoms with E-state index in [0.29, 0.717) is 41.8 Å². The molecule has 4 rings (SSSR count). The van der Waals surface area contributed by atoms with E-state index < -0.39 is 11.7 Å². The maximum absolute atomic E-state index is 13.2. The van der Waals surface area contributed by atoms with Crippen LogP contribution in [0.15, 0.2) is 60.7 Å². The molecule has 44 heavy (non-hydrogen) atoms. The lowest BCUT2D eigenvalue weighted by Gasteiger charge is -2.18. The minimum absolute atomic E-state index is 0.102. The molecule has 1 aromatic heterocycles. The molecule has 0 aliphatic carbocycles. The highest BCUT2D eigenvalue weighted by Gasteiger charge is 2.30. The van der Waals surface area contributed by atoms with E-state index in [-0.39, 0.29) is 5.75 Å². The highest BCUT2D eigenvalue weighted by Crippen LogP contribution is 2.35. The fourth-order valence-corrected chi connectivity index (χ4v) is 5.00. The molecule has 0 amide bonds. The molecule has 0 atom stereocenters. The molecule has 238 valence electrons. The zero-order chi connectivity index (χ0) is 31.5. The van der Waals surface area contributed by atoms with Crippen molar-refractivity contribution in [3.05, 3.63) is 66.2 Å². The number of aromatic amines is 1. The van der Waals surface area contributed by atoms with E-state index in [1.807, 2.05) is 18.2 Å². The normalized spacial score (nSPS) is 11.9. The zero-order valence-electron chi connectivity index (χ0n) is 26.0. The van der Waals surface area contributed by atoms with Crippen molar-refractivity contribution < 1.29 is 27.4 Å². The summed E-state index contributed by atoms with van der Waals surface area (Å²) in [5, 5.41) is 0. The Morgan fingerprint density at radius 2 is 1.34 bits per heavy atom. The minimum Gasteiger partial charge on any atom is -0.493 e. The lowest BCUT2D eigenvalue weighted by atomic mass is 10.2. The van der Waals surface area contributed by atoms with Gasteiger partial charge in [-0.15, -0.1) is 0 Å². The molecular formula is C34H43F3N4O3. The van der Waals surface area contributed by atoms with Crippen LogP contribution in [0.25, 0.3) is 22.4 Å². The number of halogens is 3. The standard InChI is InChI=1S/C34H43F3N4O3/c1-5-40(6-2)17-11-19-42-29-23-30-32(31(24-29)43-20-12-18-41(7-3)8-4)39-33(38-30)25-13-9-15-27(21-25)44-28-16-10-14-26(22-28)34(35,36)37/h9-10,13-16,21-24H,5-8,11-12,17-20H2,1-4H3,(H,38,39). The Morgan fingerprint density at radius 1 is 0.727 bits per heavy atom. The largest absolute Gasteiger partial charge is 0.493 e. The molecule has 0 aliphatic rings. The van der Waals surface area contributed by atoms with Crippen LogP contribution in [0.1, 0.15) is 46.1 Å². The number of benzene rings is 3. The minimum atomic E-state index is -4.45. The Hall–Kier alpha value is -3.76. The van der Waals surface area contributed by atoms with Gasteiger partial charge in [0.15, 0.2) is 5.75 Å². The maximum Gasteiger partial charge on any atom is 0.416 e. The van der Waals surface area contributed by atoms with Gasteiger partial charge in [-0.3, -0.25) is 0 Å². The predicted molar refractivity (Wildman–Crippen MR) is 169 cm³/mol. The van der Waals surface area contributed by atoms with Crippen LogP contribution in [0, 0.1) is 0 Å². The van der Waals surface area contributed by atoms with Gasteiger partial charge in [-0.2, -0.15) is 13.2 Å². The first-order chi connectivity index (χ1) is 21.2. The van der Waals surface area contributed by atoms with Gasteiger partial charge in [-0.1, -0.05) is 45.9 Å². The van der Waals surface area contributed by atoms with Gasteiger partial charge < -0.3 is 29.0 Å². The molecule has 1 N–H and O–H groups in total. The molecule has 7 nitrogen and oxygen atoms in total. The smallest absolute Gasteiger partial charge is 0.416 e. The topological polar surface area (TPSA) is 62.9 Å². The number of nitrogens with one attached hydrogen (secondary N) is 1. The van der Waals surface area contributed by atoms with E-state index in [4.69, 9.17) is 19.2 Å². The first kappa shape index (κ1) is 33.1. The van der Waals surface area contributed by atoms with E-state index in [2.05, 4.69) is 42.5 Å². The summed E-state index contributed by atoms with van der Waals surface area (Å²) < 4.78 is 57.7. The number of hydrogen-bond acceptors (Lipinski definition) is 6. The monoisotopic (exact) mass is 612 g/mol. The Bertz CT molecular complexity index is 1470. The summed E-state index contributed by atoms with van der Waals surface area (Å²) in [6.45, 7) is 15.7. The number of ether oxygens (including phenoxy) is 3. The van der Waals surface area contributed by atoms with Crippen LogP contribution in [0.5, 0.6) is 23.0 Å². The molecule has 10 heteroatoms. The summed E-state index contributed by atoms with van der Waals surface area (Å²) in [7, 11) is 0. The molecule has 0 spiro atoms. The van der Waals surface area contributed by atoms with Crippen molar-refractivity contribution in [2.45, 2.75) is 46.7 Å². The van der Waals surface area contributed by atoms with Crippen LogP contribution in [-0.4, -0.2) is 72.3 Å². The van der Waals surface area contributed by atoms with Gasteiger partial charge in [0.25, 0.3) is 0 Å². The highest BCUT2D eigenvalue weighted by molar-refractivity contribution is 5.86. The van der Waals surface area contributed by atoms with Crippen LogP contribution < -0.4 is 14.2 Å². The molecule has 0 radical (unpaired) electrons. The van der Waals surface area contributed by atoms with E-state index in [1.54, 1.807) is 18.2 Å². The molecule has 4 aromatic rings. The van der Waals surface area contributed by atoms with Crippen molar-refractivity contribution in [2.75, 3.05) is 52.5 Å². The Balaban J connectivity index is 1.55. The van der Waals surface area contributed by atoms with E-state index in [1.165, 1.54) is 12.1 Å². The van der Waals surface area contributed by atoms with Crippen molar-refractivity contribution in [3.63, 3.8) is 0 Å². The van der Waals surface area contributed by atoms with E-state index in [9.17, 15) is 13.2 Å². The molecule has 0 saturated carbocycles. The van der Waals surface area contributed by atoms with Crippen LogP contribution in [0.4, 0.5) is 13.2 Å². The van der Waals surface area contributed by atoms with Gasteiger partial charge in [-0.05, 0) is 69.4 Å². The molecule has 0 unspecified atom stereocenters. The maximum atomic E-state index is 13.2. The van der Waals surface area contributed by atoms with Gasteiger partial charge in [0.2, 0.25) is 0 Å². The summed E-state index contributed by atoms with van der Waals surface area (Å²) in [5.74, 6) is 2.42. The van der Waals surface area contributed by atoms with Gasteiger partial charge in [0, 0.05) is 30.8 Å². The fraction of sp³-hybridized carbons (Fsp3) is 0.441. The first-order valence-electron chi connectivity index (χ1n) is 15.4. The van der Waals surface area contributed by atoms with E-state index >= 15 is 0 Å². The van der Waals surface area contributed by atoms with Gasteiger partial charge >= 0.3 is 6.18 Å². The third kappa shape index (κ3) is 9.12. The van der Waals surface area contributed by atoms with Crippen LogP contribution in [0.3, 0.4) is 0 Å². The summed E-state index contributed by atoms with van der Waals surface area (Å²) in [6.07, 6.45) is -2.66. The third-order valence-corrected chi connectivity index (χ3v) is 7.58. The lowest BCUT2D eigenvalue weighted by molar-refractivity contribution is -0.137. The average Bonchev–Trinajstić information content (AvgIpc) is 3.46. The molecular weight excluding hydrogens is 569 g/mol. The van der Waals surface area contributed by atoms with Crippen molar-refractivity contribution >= 4 is 11.0 Å². The number of aromatic nitrogens is 2. The first-order valence-corrected chi connectivity index (χ1v) is 15.4. The summed E-state index contributed by atoms with van der Waals surface area (Å²) >= 11 is 0. The number of alkyl halides is 3. The van der Waals surface area contributed by atoms with Gasteiger partial charge in [0.1, 0.15) is 28.6 Å². The Morgan fingerprint density at radius 3 is 1.98 bits per heavy atom. The van der Waals surface area contributed by atoms with Crippen molar-refractivity contribution in [1.29, 1.82) is 0 Å². The summed E-state index contributed by atoms with van der Waals surface area (Å²) in [5.41, 5.74) is 1.41. The second kappa shape index (κ2) is 15.8. The number of H-pyrrole nitrogens is 1. The molecule has 0 saturated heterocycles. The van der Waals surface area contributed by atoms with Crippen LogP contribution in [-0.2, 0) is 6.18 Å². The van der Waals surface area contributed by atoms with Gasteiger partial charge in [-0.25, -0.2) is 4.98 Å². The van der Waals surface area contributed by atoms with Crippen LogP contribution >= 0.6 is 0 Å². The number of nitrogens with zero attached hydrogens (tertiary/aromatic N) is 3. The summed E-state index contributed by atoms with van der Waals surface area (Å²) in [4.78, 5) is 12.9. The molecule has 3 aromatic carbocycles. The number of fused-ring (bicyclic) bond motifs is 1. The second-order valence-corrected chi connectivity index (χ2v) is 10.5. The summed E-state index contributed by atoms with van der Waals surface area (Å²) in [6, 6.07) is 15.7. The molecule has 0 bridgehead atoms. The Labute approximate surface area is 257 Å². The zero-order valence-corrected chi connectivity index (χ0v) is 26.0. The van der Waals surface area contributed by atoms with Crippen LogP contribution in [0.2, 0.25) is 0 Å². The number of imidazole rings is 1. The predicted octanol–water partition coefficient (Wildman–Crippen LogP) is 8.26. The van der Waals surface area contributed by atoms with Crippen molar-refractivity contribution in [1.82, 2.24) is 19.8 Å². The van der Waals surface area contributed by atoms with E-state index in [0.717, 1.165) is 75.3 Å². The number of hydrogen-bond donors (Lipinski definition) is 1. The highest BCUT2D eigenvalue weighted by atomic mass is 19.4. The molecule has 0 aliphatic heterocycles. The molecule has 1 heterocycles. The Kier molecular flexibility index (Phi) is 11.9. The second-order valence-electron chi connectivity index (χ2n) is 10.5. The quantitative estimate of drug-likeness (QED) is 0.121. The molecule has 0 fully saturated rings. The van der Waals surface area contributed by atoms with Crippen molar-refractivity contribution in [2.24, 2.45) is 0 Å². The average molecular weight is 613 g/mol. The lowest BCUT2D eigenvalue weighted by Crippen LogP contribution is -2.25. The number of rotatable bonds is 17. The van der Waals surface area contributed by atoms with Crippen molar-refractivity contribution in [3.8, 4) is 34.4 Å². The fourth-order valence-electron chi connectivity index (χ4n) is 5.00. The van der Waals surface area contributed by atoms with Gasteiger partial charge in [0.05, 0.1) is 24.3 Å².